The molecule has 7 rings (SSSR count). The first kappa shape index (κ1) is 58.8. The van der Waals surface area contributed by atoms with E-state index in [2.05, 4.69) is 37.2 Å². The second-order valence-corrected chi connectivity index (χ2v) is 20.7. The van der Waals surface area contributed by atoms with E-state index in [1.54, 1.807) is 19.9 Å². The highest BCUT2D eigenvalue weighted by Gasteiger charge is 2.51. The number of carbonyl (C=O) groups is 9. The number of alkyl carbamates (subject to hydrolysis) is 1. The van der Waals surface area contributed by atoms with Gasteiger partial charge in [0.25, 0.3) is 11.5 Å². The van der Waals surface area contributed by atoms with Crippen molar-refractivity contribution in [2.75, 3.05) is 25.0 Å². The van der Waals surface area contributed by atoms with Gasteiger partial charge in [-0.2, -0.15) is 0 Å². The van der Waals surface area contributed by atoms with E-state index >= 15 is 8.78 Å². The standard InChI is InChI=1S/C54H62BrF2N9O13/c1-4-54(36-25-40-46-32(24-34-37(55)10-8-11-38(34)62-46)26-66(40)49(73)35(36)28-77-50(54)74)79-44(70)20-21-53(56,57)29-60-52(76)78-27-31-14-16-33(17-15-31)61-47(71)39(12-9-22-59-51(58)75)63-48(72)45(30(2)3)64-41(67)13-6-5-7-23-65-42(68)18-19-43(65)69/h8,10-11,14-17,24-25,30,39,45H,4-7,9,12-13,18-23,26-29H2,1-3H3,(H,60,76)(H,61,71)(H,63,72)(H,64,67)(H3,58,59,75)/t39-,45?,54-/m0/s1. The maximum Gasteiger partial charge on any atom is 0.407 e. The van der Waals surface area contributed by atoms with Crippen LogP contribution >= 0.6 is 15.9 Å². The number of carbonyl (C=O) groups excluding carboxylic acids is 9. The molecule has 1 saturated heterocycles. The van der Waals surface area contributed by atoms with Gasteiger partial charge in [0, 0.05) is 65.4 Å². The highest BCUT2D eigenvalue weighted by molar-refractivity contribution is 9.10. The Morgan fingerprint density at radius 3 is 2.34 bits per heavy atom. The van der Waals surface area contributed by atoms with Gasteiger partial charge in [-0.3, -0.25) is 38.5 Å². The molecule has 0 spiro atoms. The average molecular weight is 1160 g/mol. The maximum atomic E-state index is 15.2. The number of alkyl halides is 2. The number of benzene rings is 2. The summed E-state index contributed by atoms with van der Waals surface area (Å²) < 4.78 is 48.8. The van der Waals surface area contributed by atoms with Crippen molar-refractivity contribution in [2.45, 2.75) is 135 Å². The van der Waals surface area contributed by atoms with Gasteiger partial charge in [0.15, 0.2) is 0 Å². The Labute approximate surface area is 460 Å². The van der Waals surface area contributed by atoms with Gasteiger partial charge in [-0.1, -0.05) is 61.3 Å². The second kappa shape index (κ2) is 25.8. The number of imide groups is 1. The number of primary amides is 1. The van der Waals surface area contributed by atoms with Crippen molar-refractivity contribution in [3.05, 3.63) is 91.7 Å². The lowest BCUT2D eigenvalue weighted by atomic mass is 9.85. The highest BCUT2D eigenvalue weighted by Crippen LogP contribution is 2.42. The van der Waals surface area contributed by atoms with Gasteiger partial charge in [-0.05, 0) is 80.0 Å². The van der Waals surface area contributed by atoms with E-state index in [-0.39, 0.29) is 106 Å². The first-order chi connectivity index (χ1) is 37.6. The van der Waals surface area contributed by atoms with Crippen LogP contribution in [-0.4, -0.2) is 106 Å². The fourth-order valence-electron chi connectivity index (χ4n) is 9.49. The number of nitrogens with one attached hydrogen (secondary N) is 5. The smallest absolute Gasteiger partial charge is 0.407 e. The van der Waals surface area contributed by atoms with Crippen molar-refractivity contribution in [3.63, 3.8) is 0 Å². The molecule has 0 radical (unpaired) electrons. The lowest BCUT2D eigenvalue weighted by molar-refractivity contribution is -0.190. The number of fused-ring (bicyclic) bond motifs is 5. The summed E-state index contributed by atoms with van der Waals surface area (Å²) in [6.07, 6.45) is -0.998. The molecule has 22 nitrogen and oxygen atoms in total. The Morgan fingerprint density at radius 2 is 1.65 bits per heavy atom. The van der Waals surface area contributed by atoms with Crippen LogP contribution in [0.25, 0.3) is 22.3 Å². The number of hydrogen-bond donors (Lipinski definition) is 6. The lowest BCUT2D eigenvalue weighted by Gasteiger charge is -2.35. The molecule has 2 aromatic carbocycles. The molecule has 8 amide bonds. The largest absolute Gasteiger partial charge is 0.457 e. The topological polar surface area (TPSA) is 306 Å². The van der Waals surface area contributed by atoms with E-state index in [9.17, 15) is 47.9 Å². The predicted octanol–water partition coefficient (Wildman–Crippen LogP) is 5.46. The predicted molar refractivity (Wildman–Crippen MR) is 283 cm³/mol. The number of likely N-dealkylation sites (tertiary alicyclic amines) is 1. The molecular weight excluding hydrogens is 1100 g/mol. The minimum absolute atomic E-state index is 0.0598. The second-order valence-electron chi connectivity index (χ2n) is 19.9. The SMILES string of the molecule is CC[C@@]1(OC(=O)CCC(F)(F)CNC(=O)OCc2ccc(NC(=O)[C@H](CCCNC(N)=O)NC(=O)C(NC(=O)CCCCCN3C(=O)CCC3=O)C(C)C)cc2)C(=O)OCc2c1cc1n(c2=O)Cc2cc3c(Br)cccc3nc2-1. The number of anilines is 1. The molecule has 3 aliphatic rings. The zero-order chi connectivity index (χ0) is 57.2. The third-order valence-corrected chi connectivity index (χ3v) is 14.5. The summed E-state index contributed by atoms with van der Waals surface area (Å²) in [7, 11) is 0. The van der Waals surface area contributed by atoms with Gasteiger partial charge in [0.2, 0.25) is 35.1 Å². The molecule has 1 unspecified atom stereocenters. The number of unbranched alkanes of at least 4 members (excludes halogenated alkanes) is 2. The summed E-state index contributed by atoms with van der Waals surface area (Å²) in [6.45, 7) is 3.59. The fourth-order valence-corrected chi connectivity index (χ4v) is 9.96. The van der Waals surface area contributed by atoms with Crippen LogP contribution in [0.3, 0.4) is 0 Å². The van der Waals surface area contributed by atoms with Gasteiger partial charge in [-0.15, -0.1) is 0 Å². The van der Waals surface area contributed by atoms with Gasteiger partial charge in [0.1, 0.15) is 25.3 Å². The summed E-state index contributed by atoms with van der Waals surface area (Å²) in [6, 6.07) is 12.0. The normalized spacial score (nSPS) is 16.3. The molecule has 5 heterocycles. The van der Waals surface area contributed by atoms with Gasteiger partial charge in [0.05, 0.1) is 42.0 Å². The molecule has 79 heavy (non-hydrogen) atoms. The van der Waals surface area contributed by atoms with Crippen LogP contribution in [0.2, 0.25) is 0 Å². The molecule has 422 valence electrons. The summed E-state index contributed by atoms with van der Waals surface area (Å²) >= 11 is 3.54. The van der Waals surface area contributed by atoms with Crippen molar-refractivity contribution in [2.24, 2.45) is 11.7 Å². The number of aromatic nitrogens is 2. The van der Waals surface area contributed by atoms with Crippen molar-refractivity contribution >= 4 is 86.1 Å². The van der Waals surface area contributed by atoms with Crippen LogP contribution < -0.4 is 37.9 Å². The van der Waals surface area contributed by atoms with E-state index in [1.807, 2.05) is 29.6 Å². The van der Waals surface area contributed by atoms with Gasteiger partial charge < -0.3 is 51.1 Å². The Kier molecular flexibility index (Phi) is 19.2. The summed E-state index contributed by atoms with van der Waals surface area (Å²) in [5, 5.41) is 13.4. The fraction of sp³-hybridized carbons (Fsp3) is 0.463. The molecular formula is C54H62BrF2N9O13. The van der Waals surface area contributed by atoms with E-state index in [4.69, 9.17) is 24.9 Å². The summed E-state index contributed by atoms with van der Waals surface area (Å²) in [4.78, 5) is 134. The number of esters is 2. The Morgan fingerprint density at radius 1 is 0.911 bits per heavy atom. The van der Waals surface area contributed by atoms with Crippen molar-refractivity contribution < 1.29 is 66.1 Å². The molecule has 0 aliphatic carbocycles. The number of amides is 8. The van der Waals surface area contributed by atoms with E-state index in [0.717, 1.165) is 15.4 Å². The summed E-state index contributed by atoms with van der Waals surface area (Å²) in [5.41, 5.74) is 5.74. The monoisotopic (exact) mass is 1160 g/mol. The van der Waals surface area contributed by atoms with Crippen LogP contribution in [0.1, 0.15) is 114 Å². The number of nitrogens with zero attached hydrogens (tertiary/aromatic N) is 3. The Bertz CT molecular complexity index is 3080. The van der Waals surface area contributed by atoms with Crippen molar-refractivity contribution in [1.82, 2.24) is 35.7 Å². The zero-order valence-corrected chi connectivity index (χ0v) is 45.4. The third kappa shape index (κ3) is 14.5. The highest BCUT2D eigenvalue weighted by atomic mass is 79.9. The number of cyclic esters (lactones) is 1. The molecule has 7 N–H and O–H groups in total. The van der Waals surface area contributed by atoms with Crippen LogP contribution in [0.5, 0.6) is 0 Å². The van der Waals surface area contributed by atoms with Crippen LogP contribution in [0.15, 0.2) is 63.9 Å². The average Bonchev–Trinajstić information content (AvgIpc) is 4.20. The van der Waals surface area contributed by atoms with Crippen LogP contribution in [0.4, 0.5) is 24.1 Å². The van der Waals surface area contributed by atoms with E-state index in [0.29, 0.717) is 41.7 Å². The summed E-state index contributed by atoms with van der Waals surface area (Å²) in [5.74, 6) is -8.22. The zero-order valence-electron chi connectivity index (χ0n) is 43.8. The van der Waals surface area contributed by atoms with Crippen LogP contribution in [0, 0.1) is 5.92 Å². The molecule has 2 aromatic heterocycles. The molecule has 0 saturated carbocycles. The number of ether oxygens (including phenoxy) is 3. The van der Waals surface area contributed by atoms with Gasteiger partial charge >= 0.3 is 24.1 Å². The van der Waals surface area contributed by atoms with Crippen molar-refractivity contribution in [3.8, 4) is 11.4 Å². The number of halogens is 3. The Hall–Kier alpha value is -7.83. The first-order valence-electron chi connectivity index (χ1n) is 26.0. The molecule has 4 aromatic rings. The third-order valence-electron chi connectivity index (χ3n) is 13.8. The molecule has 3 atom stereocenters. The Balaban J connectivity index is 0.874. The maximum absolute atomic E-state index is 15.2. The van der Waals surface area contributed by atoms with Crippen LogP contribution in [-0.2, 0) is 73.1 Å². The van der Waals surface area contributed by atoms with Crippen molar-refractivity contribution in [1.29, 1.82) is 0 Å². The quantitative estimate of drug-likeness (QED) is 0.0183. The molecule has 25 heteroatoms. The number of hydrogen-bond acceptors (Lipinski definition) is 14. The number of pyridine rings is 2. The number of rotatable bonds is 25. The van der Waals surface area contributed by atoms with E-state index in [1.165, 1.54) is 40.7 Å². The number of urea groups is 1. The molecule has 0 bridgehead atoms. The van der Waals surface area contributed by atoms with Gasteiger partial charge in [-0.25, -0.2) is 28.1 Å². The minimum atomic E-state index is -3.64. The lowest BCUT2D eigenvalue weighted by Crippen LogP contribution is -2.54. The first-order valence-corrected chi connectivity index (χ1v) is 26.8. The molecule has 1 fully saturated rings. The number of nitrogens with two attached hydrogens (primary N) is 1. The van der Waals surface area contributed by atoms with E-state index < -0.39 is 90.3 Å². The minimum Gasteiger partial charge on any atom is -0.457 e. The molecule has 3 aliphatic heterocycles.